The van der Waals surface area contributed by atoms with Crippen LogP contribution in [0.4, 0.5) is 0 Å². The van der Waals surface area contributed by atoms with Crippen LogP contribution >= 0.6 is 0 Å². The molecule has 0 atom stereocenters. The number of fused-ring (bicyclic) bond motifs is 4. The maximum absolute atomic E-state index is 5.26. The molecular formula is C49H32N2. The van der Waals surface area contributed by atoms with Crippen molar-refractivity contribution >= 4 is 43.4 Å². The molecule has 0 spiro atoms. The van der Waals surface area contributed by atoms with Crippen molar-refractivity contribution in [3.05, 3.63) is 194 Å². The van der Waals surface area contributed by atoms with Crippen molar-refractivity contribution in [2.75, 3.05) is 0 Å². The summed E-state index contributed by atoms with van der Waals surface area (Å²) in [5.41, 5.74) is 11.6. The van der Waals surface area contributed by atoms with Gasteiger partial charge < -0.3 is 0 Å². The van der Waals surface area contributed by atoms with E-state index in [1.807, 2.05) is 0 Å². The fraction of sp³-hybridized carbons (Fsp3) is 0. The van der Waals surface area contributed by atoms with Crippen molar-refractivity contribution in [2.24, 2.45) is 0 Å². The Morgan fingerprint density at radius 1 is 0.333 bits per heavy atom. The first kappa shape index (κ1) is 29.2. The lowest BCUT2D eigenvalue weighted by Gasteiger charge is -2.19. The molecule has 1 heterocycles. The van der Waals surface area contributed by atoms with Crippen LogP contribution in [-0.4, -0.2) is 9.55 Å². The van der Waals surface area contributed by atoms with E-state index < -0.39 is 0 Å². The number of para-hydroxylation sites is 1. The second kappa shape index (κ2) is 12.0. The SMILES string of the molecule is c1ccc(-c2c3ccccc3c(-c3ccc(-c4ccc5c(c4)nc(-c4ccccc4)n5-c4ccccc4)c4ccccc34)c3ccccc23)cc1. The van der Waals surface area contributed by atoms with E-state index in [9.17, 15) is 0 Å². The van der Waals surface area contributed by atoms with Gasteiger partial charge in [0.15, 0.2) is 0 Å². The Kier molecular flexibility index (Phi) is 6.85. The minimum atomic E-state index is 0.937. The molecule has 1 aromatic heterocycles. The smallest absolute Gasteiger partial charge is 0.145 e. The molecule has 2 nitrogen and oxygen atoms in total. The van der Waals surface area contributed by atoms with Crippen LogP contribution in [0.15, 0.2) is 194 Å². The summed E-state index contributed by atoms with van der Waals surface area (Å²) in [7, 11) is 0. The van der Waals surface area contributed by atoms with Crippen molar-refractivity contribution in [1.29, 1.82) is 0 Å². The van der Waals surface area contributed by atoms with Crippen molar-refractivity contribution in [1.82, 2.24) is 9.55 Å². The first-order chi connectivity index (χ1) is 25.3. The van der Waals surface area contributed by atoms with Gasteiger partial charge in [-0.25, -0.2) is 4.98 Å². The van der Waals surface area contributed by atoms with Crippen LogP contribution in [0.25, 0.3) is 93.8 Å². The third kappa shape index (κ3) is 4.76. The number of imidazole rings is 1. The average Bonchev–Trinajstić information content (AvgIpc) is 3.60. The Morgan fingerprint density at radius 3 is 1.41 bits per heavy atom. The van der Waals surface area contributed by atoms with E-state index in [1.165, 1.54) is 60.1 Å². The van der Waals surface area contributed by atoms with E-state index in [4.69, 9.17) is 4.98 Å². The van der Waals surface area contributed by atoms with Crippen LogP contribution in [0.1, 0.15) is 0 Å². The summed E-state index contributed by atoms with van der Waals surface area (Å²) in [6.45, 7) is 0. The number of hydrogen-bond acceptors (Lipinski definition) is 1. The van der Waals surface area contributed by atoms with E-state index >= 15 is 0 Å². The molecule has 0 aliphatic carbocycles. The van der Waals surface area contributed by atoms with E-state index in [0.717, 1.165) is 33.7 Å². The lowest BCUT2D eigenvalue weighted by Crippen LogP contribution is -1.97. The van der Waals surface area contributed by atoms with Gasteiger partial charge in [-0.1, -0.05) is 170 Å². The summed E-state index contributed by atoms with van der Waals surface area (Å²) in [5.74, 6) is 0.937. The summed E-state index contributed by atoms with van der Waals surface area (Å²) in [6.07, 6.45) is 0. The van der Waals surface area contributed by atoms with Crippen LogP contribution in [0.2, 0.25) is 0 Å². The molecule has 0 bridgehead atoms. The summed E-state index contributed by atoms with van der Waals surface area (Å²) < 4.78 is 2.27. The van der Waals surface area contributed by atoms with Gasteiger partial charge in [-0.05, 0) is 90.0 Å². The predicted molar refractivity (Wildman–Crippen MR) is 215 cm³/mol. The fourth-order valence-electron chi connectivity index (χ4n) is 7.97. The normalized spacial score (nSPS) is 11.5. The van der Waals surface area contributed by atoms with E-state index in [-0.39, 0.29) is 0 Å². The lowest BCUT2D eigenvalue weighted by atomic mass is 9.84. The summed E-state index contributed by atoms with van der Waals surface area (Å²) >= 11 is 0. The van der Waals surface area contributed by atoms with Gasteiger partial charge in [-0.3, -0.25) is 4.57 Å². The van der Waals surface area contributed by atoms with E-state index in [0.29, 0.717) is 0 Å². The van der Waals surface area contributed by atoms with Crippen molar-refractivity contribution in [3.8, 4) is 50.5 Å². The zero-order valence-corrected chi connectivity index (χ0v) is 27.9. The van der Waals surface area contributed by atoms with E-state index in [1.54, 1.807) is 0 Å². The molecule has 0 amide bonds. The molecule has 0 aliphatic rings. The minimum Gasteiger partial charge on any atom is -0.292 e. The topological polar surface area (TPSA) is 17.8 Å². The van der Waals surface area contributed by atoms with Gasteiger partial charge in [0.05, 0.1) is 11.0 Å². The highest BCUT2D eigenvalue weighted by Gasteiger charge is 2.20. The Labute approximate surface area is 296 Å². The van der Waals surface area contributed by atoms with Gasteiger partial charge in [-0.2, -0.15) is 0 Å². The maximum atomic E-state index is 5.26. The third-order valence-corrected chi connectivity index (χ3v) is 10.2. The highest BCUT2D eigenvalue weighted by Crippen LogP contribution is 2.46. The molecule has 0 saturated heterocycles. The number of aromatic nitrogens is 2. The van der Waals surface area contributed by atoms with Gasteiger partial charge >= 0.3 is 0 Å². The average molecular weight is 649 g/mol. The first-order valence-corrected chi connectivity index (χ1v) is 17.5. The van der Waals surface area contributed by atoms with E-state index in [2.05, 4.69) is 199 Å². The number of rotatable bonds is 5. The first-order valence-electron chi connectivity index (χ1n) is 17.5. The molecule has 10 rings (SSSR count). The van der Waals surface area contributed by atoms with Crippen LogP contribution in [-0.2, 0) is 0 Å². The van der Waals surface area contributed by atoms with Gasteiger partial charge in [-0.15, -0.1) is 0 Å². The predicted octanol–water partition coefficient (Wildman–Crippen LogP) is 13.2. The van der Waals surface area contributed by atoms with Crippen LogP contribution in [0.5, 0.6) is 0 Å². The zero-order valence-electron chi connectivity index (χ0n) is 27.9. The lowest BCUT2D eigenvalue weighted by molar-refractivity contribution is 1.10. The standard InChI is InChI=1S/C49H32N2/c1-4-16-33(17-5-1)47-40-24-12-14-26-42(40)48(43-27-15-13-25-41(43)47)44-30-29-37(38-22-10-11-23-39(38)44)35-28-31-46-45(32-35)50-49(34-18-6-2-7-19-34)51(46)36-20-8-3-9-21-36/h1-32H. The molecule has 0 radical (unpaired) electrons. The monoisotopic (exact) mass is 648 g/mol. The highest BCUT2D eigenvalue weighted by atomic mass is 15.1. The van der Waals surface area contributed by atoms with Crippen LogP contribution < -0.4 is 0 Å². The Morgan fingerprint density at radius 2 is 0.804 bits per heavy atom. The van der Waals surface area contributed by atoms with Gasteiger partial charge in [0, 0.05) is 11.3 Å². The van der Waals surface area contributed by atoms with Crippen molar-refractivity contribution in [2.45, 2.75) is 0 Å². The second-order valence-electron chi connectivity index (χ2n) is 13.1. The Hall–Kier alpha value is -6.77. The molecular weight excluding hydrogens is 617 g/mol. The van der Waals surface area contributed by atoms with Crippen LogP contribution in [0.3, 0.4) is 0 Å². The molecule has 2 heteroatoms. The third-order valence-electron chi connectivity index (χ3n) is 10.2. The number of hydrogen-bond donors (Lipinski definition) is 0. The molecule has 0 N–H and O–H groups in total. The Bertz CT molecular complexity index is 2830. The molecule has 51 heavy (non-hydrogen) atoms. The minimum absolute atomic E-state index is 0.937. The fourth-order valence-corrected chi connectivity index (χ4v) is 7.97. The molecule has 0 fully saturated rings. The zero-order chi connectivity index (χ0) is 33.7. The summed E-state index contributed by atoms with van der Waals surface area (Å²) in [6, 6.07) is 69.8. The number of nitrogens with zero attached hydrogens (tertiary/aromatic N) is 2. The summed E-state index contributed by atoms with van der Waals surface area (Å²) in [5, 5.41) is 7.50. The second-order valence-corrected chi connectivity index (χ2v) is 13.1. The van der Waals surface area contributed by atoms with Gasteiger partial charge in [0.1, 0.15) is 5.82 Å². The molecule has 9 aromatic carbocycles. The molecule has 0 saturated carbocycles. The maximum Gasteiger partial charge on any atom is 0.145 e. The largest absolute Gasteiger partial charge is 0.292 e. The van der Waals surface area contributed by atoms with Gasteiger partial charge in [0.25, 0.3) is 0 Å². The van der Waals surface area contributed by atoms with Crippen molar-refractivity contribution < 1.29 is 0 Å². The van der Waals surface area contributed by atoms with Gasteiger partial charge in [0.2, 0.25) is 0 Å². The number of benzene rings is 9. The molecule has 10 aromatic rings. The van der Waals surface area contributed by atoms with Crippen LogP contribution in [0, 0.1) is 0 Å². The molecule has 0 unspecified atom stereocenters. The highest BCUT2D eigenvalue weighted by molar-refractivity contribution is 6.24. The van der Waals surface area contributed by atoms with Crippen molar-refractivity contribution in [3.63, 3.8) is 0 Å². The summed E-state index contributed by atoms with van der Waals surface area (Å²) in [4.78, 5) is 5.26. The molecule has 238 valence electrons. The Balaban J connectivity index is 1.20. The molecule has 0 aliphatic heterocycles. The quantitative estimate of drug-likeness (QED) is 0.170.